The first kappa shape index (κ1) is 26.5. The highest BCUT2D eigenvalue weighted by Gasteiger charge is 2.31. The average Bonchev–Trinajstić information content (AvgIpc) is 2.83. The fourth-order valence-electron chi connectivity index (χ4n) is 2.60. The third kappa shape index (κ3) is 5.87. The van der Waals surface area contributed by atoms with Crippen molar-refractivity contribution in [3.05, 3.63) is 93.1 Å². The summed E-state index contributed by atoms with van der Waals surface area (Å²) in [6.45, 7) is 0. The quantitative estimate of drug-likeness (QED) is 0.205. The van der Waals surface area contributed by atoms with Crippen LogP contribution in [0.15, 0.2) is 98.2 Å². The monoisotopic (exact) mass is 905 g/mol. The van der Waals surface area contributed by atoms with Gasteiger partial charge in [-0.3, -0.25) is 0 Å². The van der Waals surface area contributed by atoms with Crippen molar-refractivity contribution in [3.8, 4) is 17.2 Å². The second-order valence-electron chi connectivity index (χ2n) is 6.40. The van der Waals surface area contributed by atoms with Crippen LogP contribution < -0.4 is 19.7 Å². The molecule has 0 saturated heterocycles. The molecule has 1 heterocycles. The van der Waals surface area contributed by atoms with Crippen molar-refractivity contribution in [3.63, 3.8) is 0 Å². The van der Waals surface area contributed by atoms with Gasteiger partial charge in [-0.1, -0.05) is 18.2 Å². The van der Waals surface area contributed by atoms with E-state index in [-0.39, 0.29) is 17.5 Å². The second-order valence-corrected chi connectivity index (χ2v) is 12.0. The summed E-state index contributed by atoms with van der Waals surface area (Å²) in [5.74, 6) is 2.26. The van der Waals surface area contributed by atoms with Crippen LogP contribution in [0.3, 0.4) is 0 Å². The molecule has 0 amide bonds. The van der Waals surface area contributed by atoms with E-state index in [0.29, 0.717) is 26.2 Å². The van der Waals surface area contributed by atoms with E-state index < -0.39 is 0 Å². The number of hydrazine groups is 1. The summed E-state index contributed by atoms with van der Waals surface area (Å²) < 4.78 is 24.7. The lowest BCUT2D eigenvalue weighted by Gasteiger charge is -2.27. The molecule has 0 radical (unpaired) electrons. The first-order chi connectivity index (χ1) is 16.3. The molecule has 176 valence electrons. The van der Waals surface area contributed by atoms with Crippen molar-refractivity contribution in [2.45, 2.75) is 0 Å². The van der Waals surface area contributed by atoms with Gasteiger partial charge in [-0.25, -0.2) is 5.53 Å². The number of benzene rings is 3. The van der Waals surface area contributed by atoms with Gasteiger partial charge in [0, 0.05) is 17.9 Å². The Morgan fingerprint density at radius 1 is 0.647 bits per heavy atom. The van der Waals surface area contributed by atoms with E-state index in [1.165, 1.54) is 4.03 Å². The first-order valence-corrected chi connectivity index (χ1v) is 14.6. The molecule has 13 heteroatoms. The van der Waals surface area contributed by atoms with Crippen LogP contribution in [-0.4, -0.2) is 9.93 Å². The Morgan fingerprint density at radius 2 is 1.21 bits per heavy atom. The molecule has 1 aliphatic heterocycles. The summed E-state index contributed by atoms with van der Waals surface area (Å²) in [5.41, 5.74) is 2.81. The highest BCUT2D eigenvalue weighted by Crippen LogP contribution is 2.41. The van der Waals surface area contributed by atoms with Crippen molar-refractivity contribution in [1.82, 2.24) is 9.57 Å². The number of hydrogen-bond acceptors (Lipinski definition) is 6. The summed E-state index contributed by atoms with van der Waals surface area (Å²) >= 11 is 24.5. The molecule has 0 atom stereocenters. The lowest BCUT2D eigenvalue weighted by Crippen LogP contribution is -2.38. The summed E-state index contributed by atoms with van der Waals surface area (Å²) in [5, 5.41) is 4.31. The first-order valence-electron chi connectivity index (χ1n) is 9.15. The molecule has 0 saturated carbocycles. The molecule has 0 bridgehead atoms. The predicted octanol–water partition coefficient (Wildman–Crippen LogP) is 9.41. The fourth-order valence-corrected chi connectivity index (χ4v) is 5.61. The van der Waals surface area contributed by atoms with Crippen molar-refractivity contribution >= 4 is 118 Å². The van der Waals surface area contributed by atoms with E-state index in [2.05, 4.69) is 122 Å². The van der Waals surface area contributed by atoms with E-state index in [1.54, 1.807) is 6.07 Å². The highest BCUT2D eigenvalue weighted by molar-refractivity contribution is 9.15. The van der Waals surface area contributed by atoms with E-state index in [0.717, 1.165) is 17.9 Å². The third-order valence-corrected chi connectivity index (χ3v) is 11.3. The van der Waals surface area contributed by atoms with E-state index >= 15 is 0 Å². The Morgan fingerprint density at radius 3 is 1.79 bits per heavy atom. The van der Waals surface area contributed by atoms with Crippen molar-refractivity contribution < 1.29 is 14.2 Å². The Labute approximate surface area is 254 Å². The van der Waals surface area contributed by atoms with Crippen LogP contribution in [0.1, 0.15) is 0 Å². The summed E-state index contributed by atoms with van der Waals surface area (Å²) in [6, 6.07) is 16.6. The minimum atomic E-state index is 0.150. The average molecular weight is 912 g/mol. The second kappa shape index (κ2) is 11.7. The zero-order valence-electron chi connectivity index (χ0n) is 16.5. The molecule has 1 aliphatic rings. The van der Waals surface area contributed by atoms with Crippen LogP contribution in [0.25, 0.3) is 0 Å². The van der Waals surface area contributed by atoms with Gasteiger partial charge in [0.1, 0.15) is 17.2 Å². The number of nitrogens with one attached hydrogen (secondary N) is 1. The number of nitrogens with zero attached hydrogens (tertiary/aromatic N) is 2. The molecule has 3 aromatic carbocycles. The summed E-state index contributed by atoms with van der Waals surface area (Å²) in [4.78, 5) is 0. The van der Waals surface area contributed by atoms with Crippen LogP contribution in [-0.2, 0) is 0 Å². The molecule has 0 aliphatic carbocycles. The molecule has 0 fully saturated rings. The molecular weight excluding hydrogens is 902 g/mol. The number of hydrazone groups is 1. The molecule has 3 aromatic rings. The van der Waals surface area contributed by atoms with Gasteiger partial charge in [-0.2, -0.15) is 4.03 Å². The van der Waals surface area contributed by atoms with Gasteiger partial charge < -0.3 is 14.2 Å². The SMILES string of the molecule is Brc1ccc(OC2=NNN(Br)C(Oc3ccc(Br)c(Br)c3Br)=C2Oc2ccccc2)c(Br)c1Br. The molecule has 6 nitrogen and oxygen atoms in total. The Kier molecular flexibility index (Phi) is 9.08. The number of halogens is 7. The van der Waals surface area contributed by atoms with Crippen molar-refractivity contribution in [1.29, 1.82) is 0 Å². The smallest absolute Gasteiger partial charge is 0.287 e. The van der Waals surface area contributed by atoms with Crippen LogP contribution in [0.2, 0.25) is 0 Å². The van der Waals surface area contributed by atoms with E-state index in [1.807, 2.05) is 48.5 Å². The van der Waals surface area contributed by atoms with E-state index in [9.17, 15) is 0 Å². The third-order valence-electron chi connectivity index (χ3n) is 4.18. The van der Waals surface area contributed by atoms with Gasteiger partial charge in [0.2, 0.25) is 0 Å². The molecule has 0 spiro atoms. The molecule has 34 heavy (non-hydrogen) atoms. The maximum atomic E-state index is 6.24. The Hall–Kier alpha value is -0.570. The maximum Gasteiger partial charge on any atom is 0.287 e. The number of rotatable bonds is 5. The molecular formula is C21H10Br7N3O3. The molecule has 1 N–H and O–H groups in total. The minimum Gasteiger partial charge on any atom is -0.446 e. The highest BCUT2D eigenvalue weighted by atomic mass is 79.9. The van der Waals surface area contributed by atoms with Gasteiger partial charge in [0.25, 0.3) is 17.5 Å². The minimum absolute atomic E-state index is 0.150. The summed E-state index contributed by atoms with van der Waals surface area (Å²) in [7, 11) is 0. The topological polar surface area (TPSA) is 55.3 Å². The van der Waals surface area contributed by atoms with Crippen molar-refractivity contribution in [2.24, 2.45) is 5.10 Å². The predicted molar refractivity (Wildman–Crippen MR) is 156 cm³/mol. The van der Waals surface area contributed by atoms with Gasteiger partial charge in [0.15, 0.2) is 0 Å². The van der Waals surface area contributed by atoms with Crippen LogP contribution >= 0.6 is 112 Å². The lowest BCUT2D eigenvalue weighted by atomic mass is 10.3. The fraction of sp³-hybridized carbons (Fsp3) is 0. The van der Waals surface area contributed by atoms with Crippen LogP contribution in [0.4, 0.5) is 0 Å². The maximum absolute atomic E-state index is 6.24. The normalized spacial score (nSPS) is 13.4. The standard InChI is InChI=1S/C21H10Br7N3O3/c22-11-6-8-13(17(26)15(11)24)33-20-19(32-10-4-2-1-3-5-10)21(31(28)30-29-20)34-14-9-7-12(23)16(25)18(14)27/h1-9,30H. The Bertz CT molecular complexity index is 1300. The summed E-state index contributed by atoms with van der Waals surface area (Å²) in [6.07, 6.45) is 0. The van der Waals surface area contributed by atoms with E-state index in [4.69, 9.17) is 14.2 Å². The van der Waals surface area contributed by atoms with Crippen LogP contribution in [0.5, 0.6) is 17.2 Å². The molecule has 0 unspecified atom stereocenters. The largest absolute Gasteiger partial charge is 0.446 e. The zero-order valence-corrected chi connectivity index (χ0v) is 27.6. The van der Waals surface area contributed by atoms with Gasteiger partial charge in [-0.05, 0) is 132 Å². The van der Waals surface area contributed by atoms with Crippen LogP contribution in [0, 0.1) is 0 Å². The van der Waals surface area contributed by atoms with Gasteiger partial charge in [-0.15, -0.1) is 5.10 Å². The number of hydrogen-bond donors (Lipinski definition) is 1. The number of ether oxygens (including phenoxy) is 3. The zero-order chi connectivity index (χ0) is 24.4. The number of para-hydroxylation sites is 1. The molecule has 0 aromatic heterocycles. The Balaban J connectivity index is 1.78. The van der Waals surface area contributed by atoms with Crippen molar-refractivity contribution in [2.75, 3.05) is 0 Å². The lowest BCUT2D eigenvalue weighted by molar-refractivity contribution is 0.230. The van der Waals surface area contributed by atoms with Gasteiger partial charge in [0.05, 0.1) is 25.1 Å². The van der Waals surface area contributed by atoms with Gasteiger partial charge >= 0.3 is 0 Å². The molecule has 4 rings (SSSR count).